The Morgan fingerprint density at radius 3 is 2.27 bits per heavy atom. The Morgan fingerprint density at radius 2 is 1.46 bits per heavy atom. The van der Waals surface area contributed by atoms with E-state index in [1.54, 1.807) is 0 Å². The van der Waals surface area contributed by atoms with E-state index in [9.17, 15) is 0 Å². The van der Waals surface area contributed by atoms with Gasteiger partial charge in [0.1, 0.15) is 0 Å². The van der Waals surface area contributed by atoms with Gasteiger partial charge in [0, 0.05) is 58.8 Å². The molecule has 2 heterocycles. The van der Waals surface area contributed by atoms with E-state index in [2.05, 4.69) is 151 Å². The third kappa shape index (κ3) is 4.94. The second-order valence-corrected chi connectivity index (χ2v) is 12.7. The maximum absolute atomic E-state index is 3.55. The molecule has 1 N–H and O–H groups in total. The van der Waals surface area contributed by atoms with Crippen LogP contribution in [0.3, 0.4) is 0 Å². The molecular formula is C37H30N2S2. The molecule has 7 rings (SSSR count). The van der Waals surface area contributed by atoms with Crippen molar-refractivity contribution in [2.45, 2.75) is 24.0 Å². The van der Waals surface area contributed by atoms with Gasteiger partial charge in [-0.2, -0.15) is 0 Å². The maximum Gasteiger partial charge on any atom is 0.0475 e. The predicted molar refractivity (Wildman–Crippen MR) is 181 cm³/mol. The summed E-state index contributed by atoms with van der Waals surface area (Å²) < 4.78 is 2.58. The minimum atomic E-state index is 0.406. The van der Waals surface area contributed by atoms with E-state index in [-0.39, 0.29) is 0 Å². The number of nitrogens with one attached hydrogen (secondary N) is 1. The molecule has 5 aromatic carbocycles. The molecule has 0 bridgehead atoms. The van der Waals surface area contributed by atoms with Gasteiger partial charge in [0.25, 0.3) is 0 Å². The number of para-hydroxylation sites is 2. The van der Waals surface area contributed by atoms with Crippen molar-refractivity contribution in [2.75, 3.05) is 10.2 Å². The number of allylic oxidation sites excluding steroid dienone is 2. The lowest BCUT2D eigenvalue weighted by Crippen LogP contribution is -2.15. The predicted octanol–water partition coefficient (Wildman–Crippen LogP) is 11.4. The first kappa shape index (κ1) is 25.7. The Balaban J connectivity index is 1.31. The standard InChI is InChI=1S/C37H30N2S2/c1-3-28(23-33-25(2)40-35-17-11-10-16-31(33)35)39(29-14-8-5-9-15-29)30-19-20-32-34-22-27(38-26-12-6-4-7-13-26)18-21-36(34)41-37(32)24-30/h3-25,38H,1-2H3/b28-3+,33-23+. The Hall–Kier alpha value is -4.25. The maximum atomic E-state index is 3.55. The molecule has 1 unspecified atom stereocenters. The molecule has 0 radical (unpaired) electrons. The first-order chi connectivity index (χ1) is 20.2. The summed E-state index contributed by atoms with van der Waals surface area (Å²) in [6.07, 6.45) is 4.61. The van der Waals surface area contributed by atoms with Crippen LogP contribution in [0.15, 0.2) is 144 Å². The lowest BCUT2D eigenvalue weighted by molar-refractivity contribution is 1.19. The van der Waals surface area contributed by atoms with E-state index >= 15 is 0 Å². The van der Waals surface area contributed by atoms with Crippen molar-refractivity contribution in [3.8, 4) is 0 Å². The summed E-state index contributed by atoms with van der Waals surface area (Å²) in [6.45, 7) is 4.45. The quantitative estimate of drug-likeness (QED) is 0.216. The summed E-state index contributed by atoms with van der Waals surface area (Å²) >= 11 is 3.80. The third-order valence-corrected chi connectivity index (χ3v) is 9.94. The largest absolute Gasteiger partial charge is 0.356 e. The number of nitrogens with zero attached hydrogens (tertiary/aromatic N) is 1. The van der Waals surface area contributed by atoms with Crippen molar-refractivity contribution in [1.29, 1.82) is 0 Å². The Bertz CT molecular complexity index is 1920. The Labute approximate surface area is 249 Å². The highest BCUT2D eigenvalue weighted by atomic mass is 32.2. The fraction of sp³-hybridized carbons (Fsp3) is 0.0811. The van der Waals surface area contributed by atoms with Crippen molar-refractivity contribution >= 4 is 71.6 Å². The second kappa shape index (κ2) is 11.0. The van der Waals surface area contributed by atoms with E-state index < -0.39 is 0 Å². The molecule has 200 valence electrons. The number of hydrogen-bond donors (Lipinski definition) is 1. The average molecular weight is 567 g/mol. The molecule has 0 spiro atoms. The van der Waals surface area contributed by atoms with Gasteiger partial charge in [0.15, 0.2) is 0 Å². The molecule has 6 aromatic rings. The average Bonchev–Trinajstić information content (AvgIpc) is 3.53. The van der Waals surface area contributed by atoms with Crippen molar-refractivity contribution in [3.05, 3.63) is 145 Å². The topological polar surface area (TPSA) is 15.3 Å². The number of thioether (sulfide) groups is 1. The van der Waals surface area contributed by atoms with Gasteiger partial charge in [-0.3, -0.25) is 0 Å². The van der Waals surface area contributed by atoms with Crippen LogP contribution in [0.25, 0.3) is 25.7 Å². The molecule has 0 saturated carbocycles. The number of anilines is 4. The van der Waals surface area contributed by atoms with Crippen LogP contribution in [0.1, 0.15) is 19.4 Å². The molecule has 4 heteroatoms. The molecule has 2 nitrogen and oxygen atoms in total. The zero-order chi connectivity index (χ0) is 27.8. The van der Waals surface area contributed by atoms with Crippen molar-refractivity contribution in [1.82, 2.24) is 0 Å². The van der Waals surface area contributed by atoms with E-state index in [0.717, 1.165) is 22.7 Å². The molecule has 41 heavy (non-hydrogen) atoms. The van der Waals surface area contributed by atoms with Crippen LogP contribution in [0.2, 0.25) is 0 Å². The summed E-state index contributed by atoms with van der Waals surface area (Å²) in [5, 5.41) is 6.52. The van der Waals surface area contributed by atoms with Crippen LogP contribution in [-0.4, -0.2) is 5.25 Å². The molecule has 1 atom stereocenters. The van der Waals surface area contributed by atoms with E-state index in [4.69, 9.17) is 0 Å². The van der Waals surface area contributed by atoms with E-state index in [1.807, 2.05) is 29.2 Å². The zero-order valence-corrected chi connectivity index (χ0v) is 24.7. The summed E-state index contributed by atoms with van der Waals surface area (Å²) in [7, 11) is 0. The van der Waals surface area contributed by atoms with Gasteiger partial charge < -0.3 is 10.2 Å². The zero-order valence-electron chi connectivity index (χ0n) is 23.0. The van der Waals surface area contributed by atoms with E-state index in [1.165, 1.54) is 41.9 Å². The van der Waals surface area contributed by atoms with Gasteiger partial charge in [0.2, 0.25) is 0 Å². The third-order valence-electron chi connectivity index (χ3n) is 7.59. The van der Waals surface area contributed by atoms with Crippen LogP contribution >= 0.6 is 23.1 Å². The highest BCUT2D eigenvalue weighted by Gasteiger charge is 2.25. The summed E-state index contributed by atoms with van der Waals surface area (Å²) in [5.74, 6) is 0. The monoisotopic (exact) mass is 566 g/mol. The van der Waals surface area contributed by atoms with Crippen LogP contribution in [0.4, 0.5) is 22.7 Å². The van der Waals surface area contributed by atoms with Crippen molar-refractivity contribution in [3.63, 3.8) is 0 Å². The molecule has 1 aromatic heterocycles. The molecule has 0 amide bonds. The number of benzene rings is 5. The minimum absolute atomic E-state index is 0.406. The minimum Gasteiger partial charge on any atom is -0.356 e. The normalized spacial score (nSPS) is 15.9. The fourth-order valence-electron chi connectivity index (χ4n) is 5.61. The lowest BCUT2D eigenvalue weighted by Gasteiger charge is -2.27. The van der Waals surface area contributed by atoms with Gasteiger partial charge in [-0.25, -0.2) is 0 Å². The number of fused-ring (bicyclic) bond motifs is 4. The fourth-order valence-corrected chi connectivity index (χ4v) is 7.90. The smallest absolute Gasteiger partial charge is 0.0475 e. The SMILES string of the molecule is C/C=C(\C=C1\c2ccccc2SC1C)N(c1ccccc1)c1ccc2c(c1)sc1ccc(Nc3ccccc3)cc12. The molecule has 0 saturated heterocycles. The van der Waals surface area contributed by atoms with Crippen LogP contribution in [0, 0.1) is 0 Å². The van der Waals surface area contributed by atoms with Gasteiger partial charge in [-0.1, -0.05) is 66.7 Å². The van der Waals surface area contributed by atoms with Gasteiger partial charge in [0.05, 0.1) is 0 Å². The van der Waals surface area contributed by atoms with Crippen LogP contribution in [0.5, 0.6) is 0 Å². The first-order valence-electron chi connectivity index (χ1n) is 14.0. The molecule has 1 aliphatic rings. The highest BCUT2D eigenvalue weighted by Crippen LogP contribution is 2.46. The summed E-state index contributed by atoms with van der Waals surface area (Å²) in [6, 6.07) is 43.4. The van der Waals surface area contributed by atoms with Crippen LogP contribution in [-0.2, 0) is 0 Å². The van der Waals surface area contributed by atoms with Gasteiger partial charge >= 0.3 is 0 Å². The molecule has 0 fully saturated rings. The molecular weight excluding hydrogens is 537 g/mol. The second-order valence-electron chi connectivity index (χ2n) is 10.2. The van der Waals surface area contributed by atoms with Crippen LogP contribution < -0.4 is 10.2 Å². The molecule has 0 aliphatic carbocycles. The first-order valence-corrected chi connectivity index (χ1v) is 15.6. The summed E-state index contributed by atoms with van der Waals surface area (Å²) in [4.78, 5) is 3.75. The lowest BCUT2D eigenvalue weighted by atomic mass is 10.0. The number of thiophene rings is 1. The Kier molecular flexibility index (Phi) is 6.87. The van der Waals surface area contributed by atoms with Crippen molar-refractivity contribution < 1.29 is 0 Å². The van der Waals surface area contributed by atoms with E-state index in [0.29, 0.717) is 5.25 Å². The van der Waals surface area contributed by atoms with Gasteiger partial charge in [-0.15, -0.1) is 23.1 Å². The van der Waals surface area contributed by atoms with Gasteiger partial charge in [-0.05, 0) is 91.7 Å². The Morgan fingerprint density at radius 1 is 0.707 bits per heavy atom. The highest BCUT2D eigenvalue weighted by molar-refractivity contribution is 8.00. The summed E-state index contributed by atoms with van der Waals surface area (Å²) in [5.41, 5.74) is 8.40. The van der Waals surface area contributed by atoms with Crippen molar-refractivity contribution in [2.24, 2.45) is 0 Å². The number of rotatable bonds is 6. The number of hydrogen-bond acceptors (Lipinski definition) is 4. The molecule has 1 aliphatic heterocycles.